The van der Waals surface area contributed by atoms with Gasteiger partial charge in [0, 0.05) is 37.5 Å². The summed E-state index contributed by atoms with van der Waals surface area (Å²) in [6.07, 6.45) is 1.36. The number of benzene rings is 3. The number of hydrogen-bond acceptors (Lipinski definition) is 2. The second-order valence-corrected chi connectivity index (χ2v) is 7.80. The van der Waals surface area contributed by atoms with E-state index in [0.717, 1.165) is 24.1 Å². The molecule has 0 spiro atoms. The van der Waals surface area contributed by atoms with E-state index in [2.05, 4.69) is 29.6 Å². The average molecular weight is 399 g/mol. The first-order valence-electron chi connectivity index (χ1n) is 10.4. The molecule has 4 heteroatoms. The number of nitrogens with zero attached hydrogens (tertiary/aromatic N) is 1. The molecule has 1 N–H and O–H groups in total. The van der Waals surface area contributed by atoms with Crippen molar-refractivity contribution < 1.29 is 9.59 Å². The molecule has 1 aliphatic rings. The molecule has 152 valence electrons. The SMILES string of the molecule is O=C(NCC1CC(=O)N(CCc2ccccc2)C1)c1ccc(-c2ccccc2)cc1. The summed E-state index contributed by atoms with van der Waals surface area (Å²) in [7, 11) is 0. The van der Waals surface area contributed by atoms with Crippen molar-refractivity contribution >= 4 is 11.8 Å². The molecule has 1 unspecified atom stereocenters. The fraction of sp³-hybridized carbons (Fsp3) is 0.231. The number of nitrogens with one attached hydrogen (secondary N) is 1. The van der Waals surface area contributed by atoms with Crippen LogP contribution in [-0.4, -0.2) is 36.3 Å². The zero-order valence-corrected chi connectivity index (χ0v) is 17.0. The summed E-state index contributed by atoms with van der Waals surface area (Å²) < 4.78 is 0. The van der Waals surface area contributed by atoms with Gasteiger partial charge >= 0.3 is 0 Å². The van der Waals surface area contributed by atoms with Crippen molar-refractivity contribution in [2.75, 3.05) is 19.6 Å². The number of rotatable bonds is 7. The van der Waals surface area contributed by atoms with Crippen molar-refractivity contribution in [3.05, 3.63) is 96.1 Å². The van der Waals surface area contributed by atoms with E-state index < -0.39 is 0 Å². The number of likely N-dealkylation sites (tertiary alicyclic amines) is 1. The molecular formula is C26H26N2O2. The number of amides is 2. The molecule has 2 amide bonds. The largest absolute Gasteiger partial charge is 0.352 e. The highest BCUT2D eigenvalue weighted by molar-refractivity contribution is 5.94. The van der Waals surface area contributed by atoms with Crippen molar-refractivity contribution in [2.45, 2.75) is 12.8 Å². The van der Waals surface area contributed by atoms with E-state index in [9.17, 15) is 9.59 Å². The Hall–Kier alpha value is -3.40. The Balaban J connectivity index is 1.26. The first-order valence-corrected chi connectivity index (χ1v) is 10.4. The van der Waals surface area contributed by atoms with E-state index >= 15 is 0 Å². The maximum atomic E-state index is 12.5. The van der Waals surface area contributed by atoms with Gasteiger partial charge < -0.3 is 10.2 Å². The van der Waals surface area contributed by atoms with Gasteiger partial charge in [0.25, 0.3) is 5.91 Å². The Labute approximate surface area is 177 Å². The van der Waals surface area contributed by atoms with Gasteiger partial charge in [-0.3, -0.25) is 9.59 Å². The second kappa shape index (κ2) is 9.40. The van der Waals surface area contributed by atoms with Crippen LogP contribution in [0.25, 0.3) is 11.1 Å². The van der Waals surface area contributed by atoms with E-state index in [1.165, 1.54) is 5.56 Å². The van der Waals surface area contributed by atoms with Crippen LogP contribution in [0.2, 0.25) is 0 Å². The Morgan fingerprint density at radius 1 is 0.867 bits per heavy atom. The van der Waals surface area contributed by atoms with Crippen LogP contribution in [0.15, 0.2) is 84.9 Å². The molecule has 0 radical (unpaired) electrons. The molecular weight excluding hydrogens is 372 g/mol. The van der Waals surface area contributed by atoms with Gasteiger partial charge in [0.15, 0.2) is 0 Å². The van der Waals surface area contributed by atoms with Gasteiger partial charge in [-0.05, 0) is 35.2 Å². The summed E-state index contributed by atoms with van der Waals surface area (Å²) in [4.78, 5) is 26.7. The Morgan fingerprint density at radius 3 is 2.20 bits per heavy atom. The normalized spacial score (nSPS) is 15.9. The van der Waals surface area contributed by atoms with Gasteiger partial charge in [-0.2, -0.15) is 0 Å². The van der Waals surface area contributed by atoms with Crippen molar-refractivity contribution in [1.82, 2.24) is 10.2 Å². The van der Waals surface area contributed by atoms with Gasteiger partial charge in [-0.25, -0.2) is 0 Å². The van der Waals surface area contributed by atoms with E-state index in [0.29, 0.717) is 25.1 Å². The zero-order valence-electron chi connectivity index (χ0n) is 17.0. The fourth-order valence-corrected chi connectivity index (χ4v) is 3.90. The Bertz CT molecular complexity index is 985. The number of hydrogen-bond donors (Lipinski definition) is 1. The predicted octanol–water partition coefficient (Wildman–Crippen LogP) is 4.17. The molecule has 4 nitrogen and oxygen atoms in total. The lowest BCUT2D eigenvalue weighted by Crippen LogP contribution is -2.32. The summed E-state index contributed by atoms with van der Waals surface area (Å²) >= 11 is 0. The molecule has 1 saturated heterocycles. The summed E-state index contributed by atoms with van der Waals surface area (Å²) in [5, 5.41) is 3.00. The highest BCUT2D eigenvalue weighted by atomic mass is 16.2. The van der Waals surface area contributed by atoms with Gasteiger partial charge in [0.1, 0.15) is 0 Å². The zero-order chi connectivity index (χ0) is 20.8. The Morgan fingerprint density at radius 2 is 1.50 bits per heavy atom. The molecule has 3 aromatic rings. The van der Waals surface area contributed by atoms with Crippen LogP contribution in [-0.2, 0) is 11.2 Å². The standard InChI is InChI=1S/C26H26N2O2/c29-25-17-21(19-28(25)16-15-20-7-3-1-4-8-20)18-27-26(30)24-13-11-23(12-14-24)22-9-5-2-6-10-22/h1-14,21H,15-19H2,(H,27,30). The van der Waals surface area contributed by atoms with Crippen LogP contribution in [0.5, 0.6) is 0 Å². The van der Waals surface area contributed by atoms with Gasteiger partial charge in [0.2, 0.25) is 5.91 Å². The molecule has 0 bridgehead atoms. The smallest absolute Gasteiger partial charge is 0.251 e. The van der Waals surface area contributed by atoms with Gasteiger partial charge in [0.05, 0.1) is 0 Å². The third kappa shape index (κ3) is 4.95. The fourth-order valence-electron chi connectivity index (χ4n) is 3.90. The molecule has 0 aromatic heterocycles. The van der Waals surface area contributed by atoms with E-state index in [-0.39, 0.29) is 17.7 Å². The summed E-state index contributed by atoms with van der Waals surface area (Å²) in [6.45, 7) is 1.96. The molecule has 1 fully saturated rings. The van der Waals surface area contributed by atoms with Crippen molar-refractivity contribution in [1.29, 1.82) is 0 Å². The number of carbonyl (C=O) groups excluding carboxylic acids is 2. The molecule has 3 aromatic carbocycles. The lowest BCUT2D eigenvalue weighted by Gasteiger charge is -2.17. The molecule has 0 saturated carbocycles. The summed E-state index contributed by atoms with van der Waals surface area (Å²) in [5.74, 6) is 0.253. The minimum absolute atomic E-state index is 0.0928. The minimum Gasteiger partial charge on any atom is -0.352 e. The van der Waals surface area contributed by atoms with Crippen molar-refractivity contribution in [3.8, 4) is 11.1 Å². The van der Waals surface area contributed by atoms with Crippen molar-refractivity contribution in [2.24, 2.45) is 5.92 Å². The first kappa shape index (κ1) is 19.9. The van der Waals surface area contributed by atoms with Crippen molar-refractivity contribution in [3.63, 3.8) is 0 Å². The summed E-state index contributed by atoms with van der Waals surface area (Å²) in [5.41, 5.74) is 4.09. The van der Waals surface area contributed by atoms with E-state index in [1.54, 1.807) is 0 Å². The number of carbonyl (C=O) groups is 2. The molecule has 1 heterocycles. The minimum atomic E-state index is -0.0928. The monoisotopic (exact) mass is 398 g/mol. The Kier molecular flexibility index (Phi) is 6.23. The van der Waals surface area contributed by atoms with Gasteiger partial charge in [-0.1, -0.05) is 72.8 Å². The van der Waals surface area contributed by atoms with Crippen LogP contribution < -0.4 is 5.32 Å². The predicted molar refractivity (Wildman–Crippen MR) is 119 cm³/mol. The molecule has 1 atom stereocenters. The van der Waals surface area contributed by atoms with E-state index in [1.807, 2.05) is 65.6 Å². The second-order valence-electron chi connectivity index (χ2n) is 7.80. The molecule has 0 aliphatic carbocycles. The third-order valence-electron chi connectivity index (χ3n) is 5.61. The lowest BCUT2D eigenvalue weighted by atomic mass is 10.0. The van der Waals surface area contributed by atoms with Crippen LogP contribution in [0.1, 0.15) is 22.3 Å². The van der Waals surface area contributed by atoms with Crippen LogP contribution in [0.3, 0.4) is 0 Å². The topological polar surface area (TPSA) is 49.4 Å². The average Bonchev–Trinajstić information content (AvgIpc) is 3.17. The van der Waals surface area contributed by atoms with Gasteiger partial charge in [-0.15, -0.1) is 0 Å². The van der Waals surface area contributed by atoms with Crippen LogP contribution in [0, 0.1) is 5.92 Å². The lowest BCUT2D eigenvalue weighted by molar-refractivity contribution is -0.127. The highest BCUT2D eigenvalue weighted by Gasteiger charge is 2.29. The first-order chi connectivity index (χ1) is 14.7. The highest BCUT2D eigenvalue weighted by Crippen LogP contribution is 2.20. The molecule has 1 aliphatic heterocycles. The quantitative estimate of drug-likeness (QED) is 0.649. The maximum absolute atomic E-state index is 12.5. The maximum Gasteiger partial charge on any atom is 0.251 e. The molecule has 4 rings (SSSR count). The van der Waals surface area contributed by atoms with Crippen LogP contribution in [0.4, 0.5) is 0 Å². The third-order valence-corrected chi connectivity index (χ3v) is 5.61. The van der Waals surface area contributed by atoms with E-state index in [4.69, 9.17) is 0 Å². The summed E-state index contributed by atoms with van der Waals surface area (Å²) in [6, 6.07) is 27.9. The van der Waals surface area contributed by atoms with Crippen LogP contribution >= 0.6 is 0 Å². The molecule has 30 heavy (non-hydrogen) atoms.